The summed E-state index contributed by atoms with van der Waals surface area (Å²) in [6.07, 6.45) is -9.99. The Morgan fingerprint density at radius 2 is 1.39 bits per heavy atom. The minimum atomic E-state index is -5.00. The molecule has 0 aromatic heterocycles. The Balaban J connectivity index is 0.00000484. The SMILES string of the molecule is CC(C)(N)CNC(=O)c1cc(C(F)(F)F)cc(C(F)(F)F)c1.Cl. The first kappa shape index (κ1) is 21.5. The predicted octanol–water partition coefficient (Wildman–Crippen LogP) is 3.61. The highest BCUT2D eigenvalue weighted by Gasteiger charge is 2.37. The summed E-state index contributed by atoms with van der Waals surface area (Å²) in [6, 6.07) is 0.700. The predicted molar refractivity (Wildman–Crippen MR) is 74.3 cm³/mol. The third-order valence-electron chi connectivity index (χ3n) is 2.55. The second-order valence-corrected chi connectivity index (χ2v) is 5.47. The van der Waals surface area contributed by atoms with Crippen LogP contribution in [0.2, 0.25) is 0 Å². The molecule has 0 saturated heterocycles. The molecule has 3 nitrogen and oxygen atoms in total. The van der Waals surface area contributed by atoms with Crippen molar-refractivity contribution in [2.75, 3.05) is 6.54 Å². The zero-order valence-corrected chi connectivity index (χ0v) is 12.9. The Labute approximate surface area is 134 Å². The Bertz CT molecular complexity index is 531. The lowest BCUT2D eigenvalue weighted by Gasteiger charge is -2.19. The molecule has 1 amide bonds. The van der Waals surface area contributed by atoms with Crippen molar-refractivity contribution in [1.29, 1.82) is 0 Å². The highest BCUT2D eigenvalue weighted by atomic mass is 35.5. The van der Waals surface area contributed by atoms with Gasteiger partial charge >= 0.3 is 12.4 Å². The topological polar surface area (TPSA) is 55.1 Å². The number of halogens is 7. The summed E-state index contributed by atoms with van der Waals surface area (Å²) in [5, 5.41) is 2.20. The van der Waals surface area contributed by atoms with Crippen molar-refractivity contribution < 1.29 is 31.1 Å². The van der Waals surface area contributed by atoms with E-state index in [0.717, 1.165) is 0 Å². The van der Waals surface area contributed by atoms with Gasteiger partial charge in [-0.1, -0.05) is 0 Å². The van der Waals surface area contributed by atoms with Gasteiger partial charge in [0.2, 0.25) is 0 Å². The van der Waals surface area contributed by atoms with Crippen molar-refractivity contribution in [2.24, 2.45) is 5.73 Å². The van der Waals surface area contributed by atoms with Crippen molar-refractivity contribution in [1.82, 2.24) is 5.32 Å². The van der Waals surface area contributed by atoms with Gasteiger partial charge in [0.1, 0.15) is 0 Å². The van der Waals surface area contributed by atoms with E-state index in [2.05, 4.69) is 5.32 Å². The van der Waals surface area contributed by atoms with Crippen LogP contribution in [0.4, 0.5) is 26.3 Å². The molecule has 0 spiro atoms. The molecule has 132 valence electrons. The fraction of sp³-hybridized carbons (Fsp3) is 0.462. The smallest absolute Gasteiger partial charge is 0.350 e. The van der Waals surface area contributed by atoms with E-state index < -0.39 is 40.5 Å². The minimum absolute atomic E-state index is 0. The van der Waals surface area contributed by atoms with Gasteiger partial charge in [0.05, 0.1) is 11.1 Å². The zero-order chi connectivity index (χ0) is 17.3. The summed E-state index contributed by atoms with van der Waals surface area (Å²) in [5.74, 6) is -1.06. The van der Waals surface area contributed by atoms with Gasteiger partial charge < -0.3 is 11.1 Å². The van der Waals surface area contributed by atoms with Crippen LogP contribution in [0.15, 0.2) is 18.2 Å². The van der Waals surface area contributed by atoms with E-state index in [1.807, 2.05) is 0 Å². The van der Waals surface area contributed by atoms with Crippen LogP contribution >= 0.6 is 12.4 Å². The number of rotatable bonds is 3. The van der Waals surface area contributed by atoms with Crippen LogP contribution in [0.25, 0.3) is 0 Å². The largest absolute Gasteiger partial charge is 0.416 e. The van der Waals surface area contributed by atoms with Gasteiger partial charge in [-0.05, 0) is 32.0 Å². The minimum Gasteiger partial charge on any atom is -0.350 e. The van der Waals surface area contributed by atoms with E-state index in [1.165, 1.54) is 0 Å². The molecule has 23 heavy (non-hydrogen) atoms. The van der Waals surface area contributed by atoms with E-state index in [1.54, 1.807) is 13.8 Å². The first-order valence-corrected chi connectivity index (χ1v) is 6.07. The molecule has 0 fully saturated rings. The molecule has 10 heteroatoms. The van der Waals surface area contributed by atoms with Crippen LogP contribution in [0, 0.1) is 0 Å². The Kier molecular flexibility index (Phi) is 6.51. The highest BCUT2D eigenvalue weighted by molar-refractivity contribution is 5.94. The fourth-order valence-corrected chi connectivity index (χ4v) is 1.50. The van der Waals surface area contributed by atoms with Crippen LogP contribution in [0.5, 0.6) is 0 Å². The monoisotopic (exact) mass is 364 g/mol. The van der Waals surface area contributed by atoms with Crippen LogP contribution in [-0.4, -0.2) is 18.0 Å². The van der Waals surface area contributed by atoms with Gasteiger partial charge in [0, 0.05) is 17.6 Å². The Morgan fingerprint density at radius 1 is 1.00 bits per heavy atom. The molecule has 0 aliphatic carbocycles. The van der Waals surface area contributed by atoms with Crippen molar-refractivity contribution in [3.8, 4) is 0 Å². The third-order valence-corrected chi connectivity index (χ3v) is 2.55. The lowest BCUT2D eigenvalue weighted by atomic mass is 10.0. The molecular formula is C13H15ClF6N2O. The zero-order valence-electron chi connectivity index (χ0n) is 12.1. The van der Waals surface area contributed by atoms with Crippen LogP contribution in [0.1, 0.15) is 35.3 Å². The van der Waals surface area contributed by atoms with Gasteiger partial charge in [-0.3, -0.25) is 4.79 Å². The fourth-order valence-electron chi connectivity index (χ4n) is 1.50. The van der Waals surface area contributed by atoms with E-state index >= 15 is 0 Å². The van der Waals surface area contributed by atoms with Gasteiger partial charge in [-0.15, -0.1) is 12.4 Å². The number of amides is 1. The van der Waals surface area contributed by atoms with Crippen LogP contribution < -0.4 is 11.1 Å². The number of alkyl halides is 6. The van der Waals surface area contributed by atoms with Gasteiger partial charge in [0.15, 0.2) is 0 Å². The number of nitrogens with one attached hydrogen (secondary N) is 1. The molecule has 1 aromatic rings. The average Bonchev–Trinajstić information content (AvgIpc) is 2.32. The number of carbonyl (C=O) groups excluding carboxylic acids is 1. The number of nitrogens with two attached hydrogens (primary N) is 1. The van der Waals surface area contributed by atoms with E-state index in [0.29, 0.717) is 12.1 Å². The molecule has 0 aliphatic rings. The molecule has 0 atom stereocenters. The summed E-state index contributed by atoms with van der Waals surface area (Å²) in [6.45, 7) is 2.98. The summed E-state index contributed by atoms with van der Waals surface area (Å²) >= 11 is 0. The summed E-state index contributed by atoms with van der Waals surface area (Å²) in [5.41, 5.74) is 0.914. The van der Waals surface area contributed by atoms with Crippen molar-refractivity contribution in [3.63, 3.8) is 0 Å². The van der Waals surface area contributed by atoms with Gasteiger partial charge in [0.25, 0.3) is 5.91 Å². The summed E-state index contributed by atoms with van der Waals surface area (Å²) in [7, 11) is 0. The van der Waals surface area contributed by atoms with Crippen molar-refractivity contribution in [2.45, 2.75) is 31.7 Å². The van der Waals surface area contributed by atoms with Crippen molar-refractivity contribution in [3.05, 3.63) is 34.9 Å². The molecule has 0 saturated carbocycles. The van der Waals surface area contributed by atoms with Gasteiger partial charge in [-0.25, -0.2) is 0 Å². The number of benzene rings is 1. The molecule has 0 aliphatic heterocycles. The van der Waals surface area contributed by atoms with Crippen molar-refractivity contribution >= 4 is 18.3 Å². The van der Waals surface area contributed by atoms with Gasteiger partial charge in [-0.2, -0.15) is 26.3 Å². The average molecular weight is 365 g/mol. The quantitative estimate of drug-likeness (QED) is 0.805. The summed E-state index contributed by atoms with van der Waals surface area (Å²) in [4.78, 5) is 11.7. The highest BCUT2D eigenvalue weighted by Crippen LogP contribution is 2.36. The van der Waals surface area contributed by atoms with E-state index in [9.17, 15) is 31.1 Å². The second-order valence-electron chi connectivity index (χ2n) is 5.47. The molecule has 1 aromatic carbocycles. The number of hydrogen-bond donors (Lipinski definition) is 2. The van der Waals surface area contributed by atoms with Crippen LogP contribution in [-0.2, 0) is 12.4 Å². The molecule has 1 rings (SSSR count). The lowest BCUT2D eigenvalue weighted by Crippen LogP contribution is -2.45. The normalized spacial score (nSPS) is 12.6. The van der Waals surface area contributed by atoms with Crippen LogP contribution in [0.3, 0.4) is 0 Å². The Hall–Kier alpha value is -1.48. The molecule has 0 radical (unpaired) electrons. The van der Waals surface area contributed by atoms with E-state index in [-0.39, 0.29) is 25.0 Å². The molecule has 0 bridgehead atoms. The standard InChI is InChI=1S/C13H14F6N2O.ClH/c1-11(2,20)6-21-10(22)7-3-8(12(14,15)16)5-9(4-7)13(17,18)19;/h3-5H,6,20H2,1-2H3,(H,21,22);1H. The van der Waals surface area contributed by atoms with E-state index in [4.69, 9.17) is 5.73 Å². The first-order chi connectivity index (χ1) is 9.70. The molecular weight excluding hydrogens is 350 g/mol. The molecule has 3 N–H and O–H groups in total. The second kappa shape index (κ2) is 6.96. The maximum atomic E-state index is 12.7. The lowest BCUT2D eigenvalue weighted by molar-refractivity contribution is -0.143. The maximum Gasteiger partial charge on any atom is 0.416 e. The number of carbonyl (C=O) groups is 1. The first-order valence-electron chi connectivity index (χ1n) is 6.07. The third kappa shape index (κ3) is 6.66. The number of hydrogen-bond acceptors (Lipinski definition) is 2. The summed E-state index contributed by atoms with van der Waals surface area (Å²) < 4.78 is 75.9. The molecule has 0 unspecified atom stereocenters. The molecule has 0 heterocycles. The Morgan fingerprint density at radius 3 is 1.70 bits per heavy atom. The maximum absolute atomic E-state index is 12.7.